The number of β-amino-alcohol motifs (C(OH)–C–C–N with tert-alkyl or cyclic N) is 1. The van der Waals surface area contributed by atoms with Gasteiger partial charge < -0.3 is 9.63 Å². The normalized spacial score (nSPS) is 21.1. The average Bonchev–Trinajstić information content (AvgIpc) is 2.53. The first-order valence-corrected chi connectivity index (χ1v) is 4.94. The second kappa shape index (κ2) is 3.37. The van der Waals surface area contributed by atoms with E-state index in [9.17, 15) is 5.11 Å². The molecule has 0 atom stereocenters. The molecule has 0 bridgehead atoms. The zero-order valence-electron chi connectivity index (χ0n) is 8.60. The van der Waals surface area contributed by atoms with Gasteiger partial charge in [0.25, 0.3) is 0 Å². The van der Waals surface area contributed by atoms with Crippen LogP contribution in [0.2, 0.25) is 0 Å². The molecular formula is C10H16N2O2. The fraction of sp³-hybridized carbons (Fsp3) is 0.700. The molecule has 0 spiro atoms. The largest absolute Gasteiger partial charge is 0.387 e. The number of likely N-dealkylation sites (tertiary alicyclic amines) is 1. The Morgan fingerprint density at radius 3 is 2.86 bits per heavy atom. The van der Waals surface area contributed by atoms with E-state index in [1.54, 1.807) is 6.20 Å². The lowest BCUT2D eigenvalue weighted by atomic mass is 9.83. The Kier molecular flexibility index (Phi) is 2.33. The van der Waals surface area contributed by atoms with Crippen molar-refractivity contribution >= 4 is 0 Å². The third kappa shape index (κ3) is 1.67. The van der Waals surface area contributed by atoms with Crippen molar-refractivity contribution in [3.8, 4) is 0 Å². The first-order chi connectivity index (χ1) is 6.60. The molecule has 2 heterocycles. The summed E-state index contributed by atoms with van der Waals surface area (Å²) in [5.41, 5.74) is -0.500. The van der Waals surface area contributed by atoms with E-state index in [1.807, 2.05) is 19.9 Å². The van der Waals surface area contributed by atoms with Gasteiger partial charge in [-0.3, -0.25) is 4.90 Å². The summed E-state index contributed by atoms with van der Waals surface area (Å²) in [5.74, 6) is 1.17. The minimum Gasteiger partial charge on any atom is -0.387 e. The monoisotopic (exact) mass is 196 g/mol. The maximum Gasteiger partial charge on any atom is 0.150 e. The summed E-state index contributed by atoms with van der Waals surface area (Å²) in [6.07, 6.45) is 1.64. The fourth-order valence-corrected chi connectivity index (χ4v) is 1.75. The van der Waals surface area contributed by atoms with E-state index in [2.05, 4.69) is 10.1 Å². The van der Waals surface area contributed by atoms with Gasteiger partial charge in [-0.25, -0.2) is 0 Å². The van der Waals surface area contributed by atoms with E-state index in [1.165, 1.54) is 0 Å². The lowest BCUT2D eigenvalue weighted by molar-refractivity contribution is -0.132. The lowest BCUT2D eigenvalue weighted by Crippen LogP contribution is -2.63. The molecule has 0 aliphatic carbocycles. The Hall–Kier alpha value is -0.870. The van der Waals surface area contributed by atoms with Gasteiger partial charge in [-0.1, -0.05) is 19.0 Å². The summed E-state index contributed by atoms with van der Waals surface area (Å²) in [6.45, 7) is 6.29. The molecule has 1 aromatic heterocycles. The Labute approximate surface area is 83.5 Å². The lowest BCUT2D eigenvalue weighted by Gasteiger charge is -2.48. The summed E-state index contributed by atoms with van der Waals surface area (Å²) in [7, 11) is 0. The van der Waals surface area contributed by atoms with Gasteiger partial charge >= 0.3 is 0 Å². The Bertz CT molecular complexity index is 289. The van der Waals surface area contributed by atoms with Gasteiger partial charge in [0.05, 0.1) is 18.3 Å². The Morgan fingerprint density at radius 1 is 1.64 bits per heavy atom. The van der Waals surface area contributed by atoms with Crippen molar-refractivity contribution in [1.29, 1.82) is 0 Å². The highest BCUT2D eigenvalue weighted by atomic mass is 16.5. The quantitative estimate of drug-likeness (QED) is 0.779. The molecule has 0 saturated carbocycles. The van der Waals surface area contributed by atoms with Crippen LogP contribution in [0.25, 0.3) is 0 Å². The molecule has 1 saturated heterocycles. The molecule has 14 heavy (non-hydrogen) atoms. The summed E-state index contributed by atoms with van der Waals surface area (Å²) in [4.78, 5) is 2.15. The van der Waals surface area contributed by atoms with Crippen molar-refractivity contribution in [3.63, 3.8) is 0 Å². The number of rotatable bonds is 3. The van der Waals surface area contributed by atoms with Gasteiger partial charge in [0.2, 0.25) is 0 Å². The minimum absolute atomic E-state index is 0.313. The second-order valence-corrected chi connectivity index (χ2v) is 4.38. The third-order valence-electron chi connectivity index (χ3n) is 2.94. The third-order valence-corrected chi connectivity index (χ3v) is 2.94. The van der Waals surface area contributed by atoms with E-state index in [-0.39, 0.29) is 0 Å². The molecule has 78 valence electrons. The first kappa shape index (κ1) is 9.68. The molecule has 4 heteroatoms. The zero-order valence-corrected chi connectivity index (χ0v) is 8.60. The van der Waals surface area contributed by atoms with Crippen molar-refractivity contribution in [3.05, 3.63) is 18.0 Å². The standard InChI is InChI=1S/C10H16N2O2/c1-8(2)10(13)6-12(7-10)5-9-3-4-11-14-9/h3-4,8,13H,5-7H2,1-2H3. The molecular weight excluding hydrogens is 180 g/mol. The van der Waals surface area contributed by atoms with Crippen molar-refractivity contribution in [1.82, 2.24) is 10.1 Å². The van der Waals surface area contributed by atoms with Gasteiger partial charge in [-0.05, 0) is 5.92 Å². The van der Waals surface area contributed by atoms with Gasteiger partial charge in [-0.2, -0.15) is 0 Å². The van der Waals surface area contributed by atoms with Crippen LogP contribution in [0, 0.1) is 5.92 Å². The number of hydrogen-bond acceptors (Lipinski definition) is 4. The molecule has 1 aliphatic rings. The SMILES string of the molecule is CC(C)C1(O)CN(Cc2ccno2)C1. The first-order valence-electron chi connectivity index (χ1n) is 4.94. The summed E-state index contributed by atoms with van der Waals surface area (Å²) < 4.78 is 5.00. The molecule has 1 aromatic rings. The summed E-state index contributed by atoms with van der Waals surface area (Å²) in [5, 5.41) is 13.6. The Balaban J connectivity index is 1.84. The molecule has 4 nitrogen and oxygen atoms in total. The van der Waals surface area contributed by atoms with Crippen LogP contribution >= 0.6 is 0 Å². The smallest absolute Gasteiger partial charge is 0.150 e. The Morgan fingerprint density at radius 2 is 2.36 bits per heavy atom. The van der Waals surface area contributed by atoms with E-state index in [0.29, 0.717) is 5.92 Å². The molecule has 1 fully saturated rings. The minimum atomic E-state index is -0.500. The number of aliphatic hydroxyl groups is 1. The molecule has 0 aromatic carbocycles. The van der Waals surface area contributed by atoms with Gasteiger partial charge in [0.15, 0.2) is 5.76 Å². The molecule has 0 radical (unpaired) electrons. The van der Waals surface area contributed by atoms with E-state index in [0.717, 1.165) is 25.4 Å². The average molecular weight is 196 g/mol. The number of aromatic nitrogens is 1. The van der Waals surface area contributed by atoms with Crippen LogP contribution < -0.4 is 0 Å². The van der Waals surface area contributed by atoms with Crippen molar-refractivity contribution in [2.24, 2.45) is 5.92 Å². The molecule has 1 aliphatic heterocycles. The van der Waals surface area contributed by atoms with Gasteiger partial charge in [0, 0.05) is 19.2 Å². The van der Waals surface area contributed by atoms with Gasteiger partial charge in [-0.15, -0.1) is 0 Å². The van der Waals surface area contributed by atoms with Crippen LogP contribution in [0.4, 0.5) is 0 Å². The highest BCUT2D eigenvalue weighted by Gasteiger charge is 2.43. The van der Waals surface area contributed by atoms with Crippen molar-refractivity contribution in [2.75, 3.05) is 13.1 Å². The highest BCUT2D eigenvalue weighted by Crippen LogP contribution is 2.29. The van der Waals surface area contributed by atoms with E-state index >= 15 is 0 Å². The van der Waals surface area contributed by atoms with Crippen LogP contribution in [0.3, 0.4) is 0 Å². The zero-order chi connectivity index (χ0) is 10.2. The fourth-order valence-electron chi connectivity index (χ4n) is 1.75. The van der Waals surface area contributed by atoms with Crippen LogP contribution in [0.5, 0.6) is 0 Å². The number of hydrogen-bond donors (Lipinski definition) is 1. The van der Waals surface area contributed by atoms with Crippen LogP contribution in [-0.4, -0.2) is 33.9 Å². The highest BCUT2D eigenvalue weighted by molar-refractivity contribution is 5.01. The van der Waals surface area contributed by atoms with Gasteiger partial charge in [0.1, 0.15) is 0 Å². The molecule has 2 rings (SSSR count). The van der Waals surface area contributed by atoms with Crippen LogP contribution in [0.15, 0.2) is 16.8 Å². The van der Waals surface area contributed by atoms with Crippen LogP contribution in [-0.2, 0) is 6.54 Å². The maximum atomic E-state index is 10.00. The number of nitrogens with zero attached hydrogens (tertiary/aromatic N) is 2. The molecule has 1 N–H and O–H groups in total. The maximum absolute atomic E-state index is 10.00. The van der Waals surface area contributed by atoms with E-state index in [4.69, 9.17) is 4.52 Å². The molecule has 0 unspecified atom stereocenters. The predicted molar refractivity (Wildman–Crippen MR) is 51.6 cm³/mol. The summed E-state index contributed by atoms with van der Waals surface area (Å²) in [6, 6.07) is 1.85. The topological polar surface area (TPSA) is 49.5 Å². The van der Waals surface area contributed by atoms with Crippen molar-refractivity contribution in [2.45, 2.75) is 26.0 Å². The predicted octanol–water partition coefficient (Wildman–Crippen LogP) is 0.877. The molecule has 0 amide bonds. The van der Waals surface area contributed by atoms with Crippen LogP contribution in [0.1, 0.15) is 19.6 Å². The second-order valence-electron chi connectivity index (χ2n) is 4.38. The summed E-state index contributed by atoms with van der Waals surface area (Å²) >= 11 is 0. The van der Waals surface area contributed by atoms with E-state index < -0.39 is 5.60 Å². The van der Waals surface area contributed by atoms with Crippen molar-refractivity contribution < 1.29 is 9.63 Å².